The first-order valence-electron chi connectivity index (χ1n) is 21.5. The Morgan fingerprint density at radius 3 is 1.89 bits per heavy atom. The number of likely N-dealkylation sites (N-methyl/N-ethyl adjacent to an activating group) is 3. The maximum absolute atomic E-state index is 14.1. The van der Waals surface area contributed by atoms with E-state index in [-0.39, 0.29) is 43.6 Å². The number of nitrogens with zero attached hydrogens (tertiary/aromatic N) is 2. The lowest BCUT2D eigenvalue weighted by molar-refractivity contribution is -0.150. The average molecular weight is 858 g/mol. The number of esters is 1. The van der Waals surface area contributed by atoms with Gasteiger partial charge in [0.15, 0.2) is 0 Å². The van der Waals surface area contributed by atoms with Gasteiger partial charge in [-0.05, 0) is 75.8 Å². The quantitative estimate of drug-likeness (QED) is 0.0592. The zero-order valence-electron chi connectivity index (χ0n) is 38.7. The van der Waals surface area contributed by atoms with Crippen molar-refractivity contribution in [1.82, 2.24) is 36.4 Å². The Morgan fingerprint density at radius 1 is 0.754 bits per heavy atom. The number of aliphatic hydroxyl groups is 1. The van der Waals surface area contributed by atoms with Crippen molar-refractivity contribution in [2.45, 2.75) is 144 Å². The first kappa shape index (κ1) is 54.2. The second kappa shape index (κ2) is 27.2. The molecule has 0 aliphatic carbocycles. The molecule has 61 heavy (non-hydrogen) atoms. The highest BCUT2D eigenvalue weighted by Crippen LogP contribution is 2.17. The molecular formula is C45H75N7O9. The van der Waals surface area contributed by atoms with Gasteiger partial charge in [0.2, 0.25) is 35.4 Å². The molecule has 0 bridgehead atoms. The first-order valence-corrected chi connectivity index (χ1v) is 21.5. The van der Waals surface area contributed by atoms with Gasteiger partial charge in [-0.1, -0.05) is 97.9 Å². The molecular weight excluding hydrogens is 783 g/mol. The number of ether oxygens (including phenoxy) is 1. The van der Waals surface area contributed by atoms with Crippen molar-refractivity contribution in [3.63, 3.8) is 0 Å². The predicted octanol–water partition coefficient (Wildman–Crippen LogP) is 2.68. The van der Waals surface area contributed by atoms with Crippen LogP contribution in [0.15, 0.2) is 42.5 Å². The Morgan fingerprint density at radius 2 is 1.36 bits per heavy atom. The summed E-state index contributed by atoms with van der Waals surface area (Å²) < 4.78 is 5.39. The average Bonchev–Trinajstić information content (AvgIpc) is 3.20. The molecule has 0 aliphatic rings. The highest BCUT2D eigenvalue weighted by Gasteiger charge is 2.37. The van der Waals surface area contributed by atoms with Crippen LogP contribution in [0.3, 0.4) is 0 Å². The van der Waals surface area contributed by atoms with Crippen LogP contribution in [0, 0.1) is 23.7 Å². The van der Waals surface area contributed by atoms with E-state index in [0.717, 1.165) is 10.5 Å². The maximum Gasteiger partial charge on any atom is 0.328 e. The van der Waals surface area contributed by atoms with Crippen LogP contribution in [0.1, 0.15) is 100 Å². The topological polar surface area (TPSA) is 216 Å². The van der Waals surface area contributed by atoms with E-state index in [9.17, 15) is 38.7 Å². The molecule has 0 saturated heterocycles. The van der Waals surface area contributed by atoms with Gasteiger partial charge in [0.05, 0.1) is 12.6 Å². The summed E-state index contributed by atoms with van der Waals surface area (Å²) in [7, 11) is 4.45. The van der Waals surface area contributed by atoms with Gasteiger partial charge in [-0.3, -0.25) is 28.8 Å². The van der Waals surface area contributed by atoms with Gasteiger partial charge in [-0.25, -0.2) is 4.79 Å². The number of allylic oxidation sites excluding steroid dienone is 2. The second-order valence-electron chi connectivity index (χ2n) is 17.1. The number of rotatable bonds is 26. The standard InChI is InChI=1S/C45H75N7O9/c1-14-16-20-30(9)39(54)38(46-11)42(57)49-33(15-2)43(58)51(12)25-36(53)48-34(23-27(3)4)40(55)50-37(29(7)8)44(59)52(13)35(24-28(5)6)41(56)47-31(10)45(60)61-26-32-21-18-17-19-22-32/h14,16-19,21-22,27-31,33-35,37-39,46,54H,15,20,23-26H2,1-13H3,(H,47,56)(H,48,53)(H,49,57)(H,50,55)/b16-14+/t30-,31+,33+,34+,35+,37+,38+,39-/m1/s1. The Hall–Kier alpha value is -4.83. The van der Waals surface area contributed by atoms with E-state index in [4.69, 9.17) is 4.74 Å². The monoisotopic (exact) mass is 858 g/mol. The summed E-state index contributed by atoms with van der Waals surface area (Å²) in [4.78, 5) is 96.9. The van der Waals surface area contributed by atoms with E-state index in [0.29, 0.717) is 6.42 Å². The molecule has 1 aromatic carbocycles. The predicted molar refractivity (Wildman–Crippen MR) is 235 cm³/mol. The molecule has 16 nitrogen and oxygen atoms in total. The Bertz CT molecular complexity index is 1600. The fourth-order valence-corrected chi connectivity index (χ4v) is 6.63. The molecule has 0 aromatic heterocycles. The minimum Gasteiger partial charge on any atom is -0.459 e. The van der Waals surface area contributed by atoms with Crippen molar-refractivity contribution in [2.75, 3.05) is 27.7 Å². The van der Waals surface area contributed by atoms with E-state index >= 15 is 0 Å². The number of nitrogens with one attached hydrogen (secondary N) is 5. The number of hydrogen-bond donors (Lipinski definition) is 6. The molecule has 0 aliphatic heterocycles. The highest BCUT2D eigenvalue weighted by molar-refractivity contribution is 5.96. The van der Waals surface area contributed by atoms with Crippen LogP contribution in [-0.4, -0.2) is 126 Å². The van der Waals surface area contributed by atoms with Gasteiger partial charge in [-0.15, -0.1) is 0 Å². The van der Waals surface area contributed by atoms with Crippen molar-refractivity contribution < 1.29 is 43.4 Å². The minimum absolute atomic E-state index is 0.0156. The van der Waals surface area contributed by atoms with Gasteiger partial charge in [-0.2, -0.15) is 0 Å². The van der Waals surface area contributed by atoms with E-state index < -0.39 is 96.2 Å². The van der Waals surface area contributed by atoms with Crippen LogP contribution in [0.25, 0.3) is 0 Å². The molecule has 0 spiro atoms. The van der Waals surface area contributed by atoms with Gasteiger partial charge in [0.1, 0.15) is 42.9 Å². The summed E-state index contributed by atoms with van der Waals surface area (Å²) in [6.07, 6.45) is 4.01. The van der Waals surface area contributed by atoms with Gasteiger partial charge in [0.25, 0.3) is 0 Å². The number of carbonyl (C=O) groups excluding carboxylic acids is 7. The molecule has 1 rings (SSSR count). The fourth-order valence-electron chi connectivity index (χ4n) is 6.63. The number of aliphatic hydroxyl groups excluding tert-OH is 1. The SMILES string of the molecule is C/C=C/C[C@@H](C)[C@@H](O)[C@H](NC)C(=O)N[C@@H](CC)C(=O)N(C)CC(=O)N[C@@H](CC(C)C)C(=O)N[C@H](C(=O)N(C)[C@@H](CC(C)C)C(=O)N[C@@H](C)C(=O)OCc1ccccc1)C(C)C. The molecule has 0 fully saturated rings. The van der Waals surface area contributed by atoms with Gasteiger partial charge in [0, 0.05) is 14.1 Å². The van der Waals surface area contributed by atoms with Crippen LogP contribution in [0.2, 0.25) is 0 Å². The van der Waals surface area contributed by atoms with Gasteiger partial charge < -0.3 is 46.2 Å². The van der Waals surface area contributed by atoms with E-state index in [2.05, 4.69) is 26.6 Å². The Labute approximate surface area is 363 Å². The molecule has 6 amide bonds. The largest absolute Gasteiger partial charge is 0.459 e. The number of carbonyl (C=O) groups is 7. The second-order valence-corrected chi connectivity index (χ2v) is 17.1. The summed E-state index contributed by atoms with van der Waals surface area (Å²) in [5.74, 6) is -4.78. The summed E-state index contributed by atoms with van der Waals surface area (Å²) >= 11 is 0. The summed E-state index contributed by atoms with van der Waals surface area (Å²) in [6.45, 7) is 17.6. The maximum atomic E-state index is 14.1. The smallest absolute Gasteiger partial charge is 0.328 e. The van der Waals surface area contributed by atoms with E-state index in [1.165, 1.54) is 25.9 Å². The van der Waals surface area contributed by atoms with E-state index in [1.807, 2.05) is 84.0 Å². The Balaban J connectivity index is 3.09. The third-order valence-corrected chi connectivity index (χ3v) is 10.4. The molecule has 8 atom stereocenters. The fraction of sp³-hybridized carbons (Fsp3) is 0.667. The van der Waals surface area contributed by atoms with Crippen molar-refractivity contribution in [2.24, 2.45) is 23.7 Å². The molecule has 1 aromatic rings. The molecule has 16 heteroatoms. The van der Waals surface area contributed by atoms with Crippen molar-refractivity contribution in [3.05, 3.63) is 48.0 Å². The molecule has 0 unspecified atom stereocenters. The summed E-state index contributed by atoms with van der Waals surface area (Å²) in [6, 6.07) is 3.04. The molecule has 6 N–H and O–H groups in total. The number of hydrogen-bond acceptors (Lipinski definition) is 10. The third kappa shape index (κ3) is 18.4. The third-order valence-electron chi connectivity index (χ3n) is 10.4. The zero-order valence-corrected chi connectivity index (χ0v) is 38.7. The normalized spacial score (nSPS) is 15.5. The first-order chi connectivity index (χ1) is 28.6. The lowest BCUT2D eigenvalue weighted by atomic mass is 9.94. The summed E-state index contributed by atoms with van der Waals surface area (Å²) in [5, 5.41) is 24.6. The molecule has 0 saturated carbocycles. The van der Waals surface area contributed by atoms with Crippen LogP contribution in [0.5, 0.6) is 0 Å². The highest BCUT2D eigenvalue weighted by atomic mass is 16.5. The van der Waals surface area contributed by atoms with Crippen LogP contribution in [-0.2, 0) is 44.9 Å². The molecule has 344 valence electrons. The van der Waals surface area contributed by atoms with Gasteiger partial charge >= 0.3 is 5.97 Å². The van der Waals surface area contributed by atoms with Crippen molar-refractivity contribution in [1.29, 1.82) is 0 Å². The lowest BCUT2D eigenvalue weighted by Gasteiger charge is -2.34. The van der Waals surface area contributed by atoms with Crippen LogP contribution in [0.4, 0.5) is 0 Å². The van der Waals surface area contributed by atoms with Crippen molar-refractivity contribution in [3.8, 4) is 0 Å². The van der Waals surface area contributed by atoms with Crippen LogP contribution < -0.4 is 26.6 Å². The number of benzene rings is 1. The van der Waals surface area contributed by atoms with Crippen molar-refractivity contribution >= 4 is 41.4 Å². The van der Waals surface area contributed by atoms with E-state index in [1.54, 1.807) is 27.8 Å². The summed E-state index contributed by atoms with van der Waals surface area (Å²) in [5.41, 5.74) is 0.793. The minimum atomic E-state index is -1.08. The van der Waals surface area contributed by atoms with Crippen LogP contribution >= 0.6 is 0 Å². The molecule has 0 heterocycles. The molecule has 0 radical (unpaired) electrons. The lowest BCUT2D eigenvalue weighted by Crippen LogP contribution is -2.60. The Kier molecular flexibility index (Phi) is 24.1. The number of amides is 6. The zero-order chi connectivity index (χ0) is 46.6.